The maximum atomic E-state index is 11.4. The van der Waals surface area contributed by atoms with Crippen molar-refractivity contribution in [3.8, 4) is 16.9 Å². The summed E-state index contributed by atoms with van der Waals surface area (Å²) in [5.74, 6) is 1.60. The average Bonchev–Trinajstić information content (AvgIpc) is 2.82. The molecule has 1 aliphatic carbocycles. The van der Waals surface area contributed by atoms with Gasteiger partial charge in [-0.3, -0.25) is 4.99 Å². The summed E-state index contributed by atoms with van der Waals surface area (Å²) in [7, 11) is 0. The highest BCUT2D eigenvalue weighted by Crippen LogP contribution is 2.41. The smallest absolute Gasteiger partial charge is 0.128 e. The lowest BCUT2D eigenvalue weighted by atomic mass is 9.76. The van der Waals surface area contributed by atoms with Gasteiger partial charge in [-0.15, -0.1) is 0 Å². The molecule has 3 unspecified atom stereocenters. The second kappa shape index (κ2) is 9.32. The molecule has 1 aliphatic rings. The number of aliphatic imine (C=N–C) groups is 1. The molecule has 0 spiro atoms. The van der Waals surface area contributed by atoms with Crippen LogP contribution < -0.4 is 0 Å². The summed E-state index contributed by atoms with van der Waals surface area (Å²) in [5, 5.41) is 11.4. The molecule has 3 aromatic rings. The average molecular weight is 426 g/mol. The maximum absolute atomic E-state index is 11.4. The Kier molecular flexibility index (Phi) is 6.50. The van der Waals surface area contributed by atoms with E-state index >= 15 is 0 Å². The molecule has 0 aromatic heterocycles. The molecule has 0 radical (unpaired) electrons. The van der Waals surface area contributed by atoms with Crippen LogP contribution in [0.3, 0.4) is 0 Å². The van der Waals surface area contributed by atoms with Crippen LogP contribution in [-0.2, 0) is 5.41 Å². The lowest BCUT2D eigenvalue weighted by Crippen LogP contribution is -2.27. The standard InChI is InChI=1S/C30H35NO/c1-21-12-11-17-28(22(21)2)31-20-25-18-24(23-13-7-5-8-14-23)19-27(29(25)32)30(3,4)26-15-9-6-10-16-26/h5-10,13-16,18-22,28,32H,11-12,17H2,1-4H3. The first-order chi connectivity index (χ1) is 15.4. The zero-order valence-corrected chi connectivity index (χ0v) is 19.8. The van der Waals surface area contributed by atoms with Crippen molar-refractivity contribution in [1.29, 1.82) is 0 Å². The Bertz CT molecular complexity index is 1070. The Morgan fingerprint density at radius 3 is 2.22 bits per heavy atom. The van der Waals surface area contributed by atoms with Gasteiger partial charge in [0.15, 0.2) is 0 Å². The number of hydrogen-bond donors (Lipinski definition) is 1. The van der Waals surface area contributed by atoms with Crippen LogP contribution in [0, 0.1) is 11.8 Å². The van der Waals surface area contributed by atoms with E-state index in [0.29, 0.717) is 23.6 Å². The number of hydrogen-bond acceptors (Lipinski definition) is 2. The van der Waals surface area contributed by atoms with Gasteiger partial charge >= 0.3 is 0 Å². The molecule has 2 heteroatoms. The first kappa shape index (κ1) is 22.3. The van der Waals surface area contributed by atoms with Crippen LogP contribution in [0.1, 0.15) is 63.6 Å². The number of phenolic OH excluding ortho intramolecular Hbond substituents is 1. The van der Waals surface area contributed by atoms with Crippen molar-refractivity contribution in [2.45, 2.75) is 58.4 Å². The van der Waals surface area contributed by atoms with E-state index in [0.717, 1.165) is 28.7 Å². The first-order valence-corrected chi connectivity index (χ1v) is 11.9. The van der Waals surface area contributed by atoms with E-state index in [9.17, 15) is 5.11 Å². The minimum atomic E-state index is -0.342. The van der Waals surface area contributed by atoms with Crippen LogP contribution in [0.15, 0.2) is 77.8 Å². The van der Waals surface area contributed by atoms with Crippen molar-refractivity contribution in [3.05, 3.63) is 89.5 Å². The number of benzene rings is 3. The number of nitrogens with zero attached hydrogens (tertiary/aromatic N) is 1. The summed E-state index contributed by atoms with van der Waals surface area (Å²) in [6.07, 6.45) is 5.57. The largest absolute Gasteiger partial charge is 0.507 e. The highest BCUT2D eigenvalue weighted by molar-refractivity contribution is 5.88. The van der Waals surface area contributed by atoms with Crippen LogP contribution in [0.2, 0.25) is 0 Å². The SMILES string of the molecule is CC1CCCC(N=Cc2cc(-c3ccccc3)cc(C(C)(C)c3ccccc3)c2O)C1C. The van der Waals surface area contributed by atoms with Gasteiger partial charge in [-0.2, -0.15) is 0 Å². The van der Waals surface area contributed by atoms with Crippen molar-refractivity contribution < 1.29 is 5.11 Å². The van der Waals surface area contributed by atoms with Gasteiger partial charge in [0.05, 0.1) is 6.04 Å². The predicted molar refractivity (Wildman–Crippen MR) is 136 cm³/mol. The van der Waals surface area contributed by atoms with Crippen molar-refractivity contribution >= 4 is 6.21 Å². The molecule has 3 aromatic carbocycles. The van der Waals surface area contributed by atoms with Gasteiger partial charge in [-0.25, -0.2) is 0 Å². The van der Waals surface area contributed by atoms with E-state index in [2.05, 4.69) is 88.4 Å². The van der Waals surface area contributed by atoms with E-state index in [1.54, 1.807) is 0 Å². The van der Waals surface area contributed by atoms with E-state index < -0.39 is 0 Å². The Morgan fingerprint density at radius 1 is 0.875 bits per heavy atom. The molecule has 0 saturated heterocycles. The predicted octanol–water partition coefficient (Wildman–Crippen LogP) is 7.63. The van der Waals surface area contributed by atoms with Crippen LogP contribution >= 0.6 is 0 Å². The van der Waals surface area contributed by atoms with Gasteiger partial charge in [-0.05, 0) is 47.1 Å². The van der Waals surface area contributed by atoms with Crippen LogP contribution in [-0.4, -0.2) is 17.4 Å². The third-order valence-electron chi connectivity index (χ3n) is 7.48. The molecular weight excluding hydrogens is 390 g/mol. The molecule has 32 heavy (non-hydrogen) atoms. The highest BCUT2D eigenvalue weighted by atomic mass is 16.3. The molecule has 0 aliphatic heterocycles. The zero-order chi connectivity index (χ0) is 22.7. The topological polar surface area (TPSA) is 32.6 Å². The monoisotopic (exact) mass is 425 g/mol. The van der Waals surface area contributed by atoms with Crippen LogP contribution in [0.5, 0.6) is 5.75 Å². The second-order valence-electron chi connectivity index (χ2n) is 9.93. The summed E-state index contributed by atoms with van der Waals surface area (Å²) in [6, 6.07) is 25.4. The van der Waals surface area contributed by atoms with E-state index in [1.807, 2.05) is 18.3 Å². The molecule has 0 heterocycles. The van der Waals surface area contributed by atoms with Crippen LogP contribution in [0.4, 0.5) is 0 Å². The summed E-state index contributed by atoms with van der Waals surface area (Å²) < 4.78 is 0. The second-order valence-corrected chi connectivity index (χ2v) is 9.93. The summed E-state index contributed by atoms with van der Waals surface area (Å²) in [5.41, 5.74) is 4.82. The normalized spacial score (nSPS) is 21.7. The molecule has 0 amide bonds. The van der Waals surface area contributed by atoms with Gasteiger partial charge in [0.2, 0.25) is 0 Å². The van der Waals surface area contributed by atoms with E-state index in [4.69, 9.17) is 4.99 Å². The molecule has 3 atom stereocenters. The van der Waals surface area contributed by atoms with Gasteiger partial charge < -0.3 is 5.11 Å². The van der Waals surface area contributed by atoms with Gasteiger partial charge in [0.25, 0.3) is 0 Å². The number of rotatable bonds is 5. The fourth-order valence-corrected chi connectivity index (χ4v) is 4.98. The highest BCUT2D eigenvalue weighted by Gasteiger charge is 2.29. The Labute approximate surface area is 193 Å². The van der Waals surface area contributed by atoms with Gasteiger partial charge in [0, 0.05) is 22.8 Å². The summed E-state index contributed by atoms with van der Waals surface area (Å²) in [4.78, 5) is 4.99. The minimum absolute atomic E-state index is 0.323. The van der Waals surface area contributed by atoms with E-state index in [1.165, 1.54) is 18.4 Å². The molecule has 166 valence electrons. The molecule has 0 bridgehead atoms. The van der Waals surface area contributed by atoms with Gasteiger partial charge in [-0.1, -0.05) is 101 Å². The molecule has 1 N–H and O–H groups in total. The first-order valence-electron chi connectivity index (χ1n) is 11.9. The van der Waals surface area contributed by atoms with Crippen molar-refractivity contribution in [2.24, 2.45) is 16.8 Å². The fraction of sp³-hybridized carbons (Fsp3) is 0.367. The minimum Gasteiger partial charge on any atom is -0.507 e. The third kappa shape index (κ3) is 4.50. The third-order valence-corrected chi connectivity index (χ3v) is 7.48. The fourth-order valence-electron chi connectivity index (χ4n) is 4.98. The molecular formula is C30H35NO. The van der Waals surface area contributed by atoms with E-state index in [-0.39, 0.29) is 5.41 Å². The number of phenols is 1. The lowest BCUT2D eigenvalue weighted by Gasteiger charge is -2.31. The lowest BCUT2D eigenvalue weighted by molar-refractivity contribution is 0.242. The summed E-state index contributed by atoms with van der Waals surface area (Å²) >= 11 is 0. The molecule has 4 rings (SSSR count). The maximum Gasteiger partial charge on any atom is 0.128 e. The quantitative estimate of drug-likeness (QED) is 0.419. The summed E-state index contributed by atoms with van der Waals surface area (Å²) in [6.45, 7) is 9.01. The van der Waals surface area contributed by atoms with Crippen molar-refractivity contribution in [1.82, 2.24) is 0 Å². The zero-order valence-electron chi connectivity index (χ0n) is 19.8. The molecule has 1 saturated carbocycles. The molecule has 1 fully saturated rings. The van der Waals surface area contributed by atoms with Gasteiger partial charge in [0.1, 0.15) is 5.75 Å². The Hall–Kier alpha value is -2.87. The number of aromatic hydroxyl groups is 1. The Morgan fingerprint density at radius 2 is 1.53 bits per heavy atom. The molecule has 2 nitrogen and oxygen atoms in total. The van der Waals surface area contributed by atoms with Crippen molar-refractivity contribution in [2.75, 3.05) is 0 Å². The van der Waals surface area contributed by atoms with Crippen LogP contribution in [0.25, 0.3) is 11.1 Å². The Balaban J connectivity index is 1.81. The van der Waals surface area contributed by atoms with Crippen molar-refractivity contribution in [3.63, 3.8) is 0 Å².